The number of hydrogen-bond acceptors (Lipinski definition) is 5. The van der Waals surface area contributed by atoms with Gasteiger partial charge < -0.3 is 19.5 Å². The minimum absolute atomic E-state index is 0.228. The number of aliphatic carboxylic acids is 1. The second-order valence-electron chi connectivity index (χ2n) is 7.81. The first-order valence-electron chi connectivity index (χ1n) is 9.57. The summed E-state index contributed by atoms with van der Waals surface area (Å²) in [6.45, 7) is 7.34. The number of piperazine rings is 1. The van der Waals surface area contributed by atoms with E-state index in [2.05, 4.69) is 4.74 Å². The fourth-order valence-corrected chi connectivity index (χ4v) is 2.90. The van der Waals surface area contributed by atoms with E-state index in [0.717, 1.165) is 18.1 Å². The van der Waals surface area contributed by atoms with Crippen molar-refractivity contribution < 1.29 is 37.3 Å². The van der Waals surface area contributed by atoms with Gasteiger partial charge in [-0.15, -0.1) is 0 Å². The molecule has 0 aromatic heterocycles. The van der Waals surface area contributed by atoms with E-state index in [9.17, 15) is 27.9 Å². The summed E-state index contributed by atoms with van der Waals surface area (Å²) in [5, 5.41) is 9.34. The lowest BCUT2D eigenvalue weighted by Crippen LogP contribution is -2.49. The fourth-order valence-electron chi connectivity index (χ4n) is 2.90. The lowest BCUT2D eigenvalue weighted by atomic mass is 10.1. The Kier molecular flexibility index (Phi) is 7.23. The molecule has 1 saturated heterocycles. The first kappa shape index (κ1) is 23.8. The Morgan fingerprint density at radius 1 is 1.17 bits per heavy atom. The molecule has 1 fully saturated rings. The average molecular weight is 432 g/mol. The molecule has 30 heavy (non-hydrogen) atoms. The van der Waals surface area contributed by atoms with Crippen molar-refractivity contribution in [2.24, 2.45) is 0 Å². The molecule has 1 amide bonds. The van der Waals surface area contributed by atoms with Crippen LogP contribution in [-0.4, -0.2) is 71.0 Å². The van der Waals surface area contributed by atoms with Crippen LogP contribution in [0.15, 0.2) is 18.2 Å². The van der Waals surface area contributed by atoms with E-state index in [4.69, 9.17) is 4.74 Å². The molecule has 1 unspecified atom stereocenters. The number of carboxylic acids is 1. The SMILES string of the molecule is Cc1cccc(CN2CCN(C(=O)OC(C)C(F)(F)F)CC2)c1OC(C)(C)C(=O)O. The number of amides is 1. The molecule has 1 aliphatic rings. The first-order chi connectivity index (χ1) is 13.8. The highest BCUT2D eigenvalue weighted by Crippen LogP contribution is 2.29. The second kappa shape index (κ2) is 9.11. The van der Waals surface area contributed by atoms with Gasteiger partial charge in [0.15, 0.2) is 11.7 Å². The van der Waals surface area contributed by atoms with Crippen LogP contribution in [0.4, 0.5) is 18.0 Å². The highest BCUT2D eigenvalue weighted by atomic mass is 19.4. The monoisotopic (exact) mass is 432 g/mol. The number of hydrogen-bond donors (Lipinski definition) is 1. The predicted molar refractivity (Wildman–Crippen MR) is 102 cm³/mol. The number of carbonyl (C=O) groups excluding carboxylic acids is 1. The van der Waals surface area contributed by atoms with Crippen LogP contribution in [0.2, 0.25) is 0 Å². The molecule has 0 radical (unpaired) electrons. The van der Waals surface area contributed by atoms with Crippen molar-refractivity contribution in [2.45, 2.75) is 52.1 Å². The number of ether oxygens (including phenoxy) is 2. The van der Waals surface area contributed by atoms with Crippen molar-refractivity contribution in [3.63, 3.8) is 0 Å². The molecular weight excluding hydrogens is 405 g/mol. The van der Waals surface area contributed by atoms with Gasteiger partial charge in [0.2, 0.25) is 0 Å². The molecule has 0 saturated carbocycles. The van der Waals surface area contributed by atoms with Crippen LogP contribution in [0.25, 0.3) is 0 Å². The lowest BCUT2D eigenvalue weighted by Gasteiger charge is -2.35. The summed E-state index contributed by atoms with van der Waals surface area (Å²) < 4.78 is 48.0. The van der Waals surface area contributed by atoms with Gasteiger partial charge in [-0.1, -0.05) is 18.2 Å². The summed E-state index contributed by atoms with van der Waals surface area (Å²) in [6, 6.07) is 5.51. The molecule has 0 aliphatic carbocycles. The third kappa shape index (κ3) is 6.01. The third-order valence-corrected chi connectivity index (χ3v) is 4.93. The number of carbonyl (C=O) groups is 2. The molecule has 1 heterocycles. The standard InChI is InChI=1S/C20H27F3N2O5/c1-13-6-5-7-15(16(13)30-19(3,4)17(26)27)12-24-8-10-25(11-9-24)18(28)29-14(2)20(21,22)23/h5-7,14H,8-12H2,1-4H3,(H,26,27). The van der Waals surface area contributed by atoms with E-state index in [0.29, 0.717) is 25.4 Å². The number of nitrogens with zero attached hydrogens (tertiary/aromatic N) is 2. The van der Waals surface area contributed by atoms with Gasteiger partial charge >= 0.3 is 18.2 Å². The van der Waals surface area contributed by atoms with Crippen molar-refractivity contribution in [1.82, 2.24) is 9.80 Å². The van der Waals surface area contributed by atoms with E-state index in [1.807, 2.05) is 30.0 Å². The minimum Gasteiger partial charge on any atom is -0.478 e. The van der Waals surface area contributed by atoms with Crippen LogP contribution >= 0.6 is 0 Å². The summed E-state index contributed by atoms with van der Waals surface area (Å²) in [5.74, 6) is -0.595. The number of halogens is 3. The molecule has 1 aliphatic heterocycles. The van der Waals surface area contributed by atoms with Crippen molar-refractivity contribution in [3.05, 3.63) is 29.3 Å². The smallest absolute Gasteiger partial charge is 0.425 e. The predicted octanol–water partition coefficient (Wildman–Crippen LogP) is 3.44. The number of aryl methyl sites for hydroxylation is 1. The van der Waals surface area contributed by atoms with Gasteiger partial charge in [-0.05, 0) is 33.3 Å². The molecule has 1 N–H and O–H groups in total. The van der Waals surface area contributed by atoms with Gasteiger partial charge in [0.1, 0.15) is 5.75 Å². The van der Waals surface area contributed by atoms with Crippen LogP contribution in [0.5, 0.6) is 5.75 Å². The van der Waals surface area contributed by atoms with E-state index in [1.54, 1.807) is 0 Å². The number of benzene rings is 1. The number of alkyl halides is 3. The molecule has 0 spiro atoms. The molecule has 10 heteroatoms. The first-order valence-corrected chi connectivity index (χ1v) is 9.57. The summed E-state index contributed by atoms with van der Waals surface area (Å²) in [6.07, 6.45) is -7.74. The maximum atomic E-state index is 12.6. The van der Waals surface area contributed by atoms with Crippen molar-refractivity contribution >= 4 is 12.1 Å². The largest absolute Gasteiger partial charge is 0.478 e. The van der Waals surface area contributed by atoms with Crippen molar-refractivity contribution in [2.75, 3.05) is 26.2 Å². The quantitative estimate of drug-likeness (QED) is 0.742. The molecule has 1 aromatic rings. The summed E-state index contributed by atoms with van der Waals surface area (Å²) in [4.78, 5) is 26.6. The highest BCUT2D eigenvalue weighted by Gasteiger charge is 2.40. The fraction of sp³-hybridized carbons (Fsp3) is 0.600. The van der Waals surface area contributed by atoms with E-state index in [1.165, 1.54) is 18.7 Å². The molecule has 1 atom stereocenters. The number of para-hydroxylation sites is 1. The van der Waals surface area contributed by atoms with Crippen LogP contribution in [-0.2, 0) is 16.1 Å². The molecule has 7 nitrogen and oxygen atoms in total. The normalized spacial score (nSPS) is 16.8. The molecule has 168 valence electrons. The molecular formula is C20H27F3N2O5. The van der Waals surface area contributed by atoms with Crippen LogP contribution in [0, 0.1) is 6.92 Å². The second-order valence-corrected chi connectivity index (χ2v) is 7.81. The Hall–Kier alpha value is -2.49. The molecule has 2 rings (SSSR count). The lowest BCUT2D eigenvalue weighted by molar-refractivity contribution is -0.200. The zero-order valence-electron chi connectivity index (χ0n) is 17.5. The summed E-state index contributed by atoms with van der Waals surface area (Å²) >= 11 is 0. The summed E-state index contributed by atoms with van der Waals surface area (Å²) in [7, 11) is 0. The Bertz CT molecular complexity index is 774. The maximum Gasteiger partial charge on any atom is 0.425 e. The zero-order valence-corrected chi connectivity index (χ0v) is 17.5. The van der Waals surface area contributed by atoms with E-state index in [-0.39, 0.29) is 13.1 Å². The van der Waals surface area contributed by atoms with Gasteiger partial charge in [0.25, 0.3) is 0 Å². The number of rotatable bonds is 6. The topological polar surface area (TPSA) is 79.3 Å². The molecule has 1 aromatic carbocycles. The van der Waals surface area contributed by atoms with Crippen molar-refractivity contribution in [3.8, 4) is 5.75 Å². The minimum atomic E-state index is -4.59. The zero-order chi connectivity index (χ0) is 22.7. The third-order valence-electron chi connectivity index (χ3n) is 4.93. The Balaban J connectivity index is 1.99. The Morgan fingerprint density at radius 2 is 1.77 bits per heavy atom. The van der Waals surface area contributed by atoms with Gasteiger partial charge in [-0.2, -0.15) is 13.2 Å². The highest BCUT2D eigenvalue weighted by molar-refractivity contribution is 5.77. The van der Waals surface area contributed by atoms with Gasteiger partial charge in [-0.3, -0.25) is 4.90 Å². The average Bonchev–Trinajstić information content (AvgIpc) is 2.64. The van der Waals surface area contributed by atoms with E-state index < -0.39 is 29.9 Å². The maximum absolute atomic E-state index is 12.6. The molecule has 0 bridgehead atoms. The van der Waals surface area contributed by atoms with Crippen molar-refractivity contribution in [1.29, 1.82) is 0 Å². The Morgan fingerprint density at radius 3 is 2.30 bits per heavy atom. The Labute approximate surface area is 173 Å². The van der Waals surface area contributed by atoms with Crippen LogP contribution < -0.4 is 4.74 Å². The van der Waals surface area contributed by atoms with Gasteiger partial charge in [0.05, 0.1) is 0 Å². The van der Waals surface area contributed by atoms with Gasteiger partial charge in [-0.25, -0.2) is 9.59 Å². The van der Waals surface area contributed by atoms with Crippen LogP contribution in [0.3, 0.4) is 0 Å². The van der Waals surface area contributed by atoms with E-state index >= 15 is 0 Å². The summed E-state index contributed by atoms with van der Waals surface area (Å²) in [5.41, 5.74) is 0.189. The number of carboxylic acid groups (broad SMARTS) is 1. The van der Waals surface area contributed by atoms with Gasteiger partial charge in [0, 0.05) is 38.3 Å². The van der Waals surface area contributed by atoms with Crippen LogP contribution in [0.1, 0.15) is 31.9 Å².